The number of thiophene rings is 1. The first kappa shape index (κ1) is 9.19. The maximum absolute atomic E-state index is 6.22. The second-order valence-electron chi connectivity index (χ2n) is 3.91. The van der Waals surface area contributed by atoms with Crippen LogP contribution >= 0.6 is 11.3 Å². The molecular formula is C10H16N2S. The predicted octanol–water partition coefficient (Wildman–Crippen LogP) is 1.88. The lowest BCUT2D eigenvalue weighted by Gasteiger charge is -2.45. The molecule has 1 heterocycles. The number of nitrogens with two attached hydrogens (primary N) is 2. The number of rotatable bonds is 3. The first-order chi connectivity index (χ1) is 6.28. The van der Waals surface area contributed by atoms with Crippen molar-refractivity contribution < 1.29 is 0 Å². The van der Waals surface area contributed by atoms with E-state index in [9.17, 15) is 0 Å². The number of hydrogen-bond acceptors (Lipinski definition) is 3. The second kappa shape index (κ2) is 3.40. The average molecular weight is 196 g/mol. The van der Waals surface area contributed by atoms with Crippen molar-refractivity contribution in [2.75, 3.05) is 6.54 Å². The lowest BCUT2D eigenvalue weighted by atomic mass is 9.64. The molecule has 3 heteroatoms. The topological polar surface area (TPSA) is 52.0 Å². The fourth-order valence-electron chi connectivity index (χ4n) is 2.04. The fourth-order valence-corrected chi connectivity index (χ4v) is 2.91. The molecule has 1 fully saturated rings. The molecule has 13 heavy (non-hydrogen) atoms. The minimum atomic E-state index is 0.159. The molecule has 0 bridgehead atoms. The van der Waals surface area contributed by atoms with Gasteiger partial charge in [-0.25, -0.2) is 0 Å². The van der Waals surface area contributed by atoms with Crippen LogP contribution < -0.4 is 11.5 Å². The van der Waals surface area contributed by atoms with Crippen LogP contribution in [0.4, 0.5) is 0 Å². The Kier molecular flexibility index (Phi) is 2.41. The van der Waals surface area contributed by atoms with Crippen molar-refractivity contribution in [1.82, 2.24) is 0 Å². The Balaban J connectivity index is 2.16. The van der Waals surface area contributed by atoms with Gasteiger partial charge in [0.2, 0.25) is 0 Å². The molecule has 1 unspecified atom stereocenters. The predicted molar refractivity (Wildman–Crippen MR) is 56.6 cm³/mol. The molecule has 1 aliphatic rings. The van der Waals surface area contributed by atoms with E-state index >= 15 is 0 Å². The van der Waals surface area contributed by atoms with Crippen LogP contribution in [0.2, 0.25) is 0 Å². The SMILES string of the molecule is NCC1(C(N)c2cccs2)CCC1. The Labute approximate surface area is 82.9 Å². The molecule has 0 saturated heterocycles. The monoisotopic (exact) mass is 196 g/mol. The van der Waals surface area contributed by atoms with E-state index < -0.39 is 0 Å². The van der Waals surface area contributed by atoms with Crippen LogP contribution in [0.25, 0.3) is 0 Å². The van der Waals surface area contributed by atoms with Crippen LogP contribution in [0, 0.1) is 5.41 Å². The van der Waals surface area contributed by atoms with E-state index in [0.29, 0.717) is 0 Å². The molecule has 1 aromatic rings. The van der Waals surface area contributed by atoms with Crippen molar-refractivity contribution >= 4 is 11.3 Å². The Bertz CT molecular complexity index is 259. The molecule has 4 N–H and O–H groups in total. The highest BCUT2D eigenvalue weighted by molar-refractivity contribution is 7.10. The van der Waals surface area contributed by atoms with Crippen LogP contribution in [0.3, 0.4) is 0 Å². The van der Waals surface area contributed by atoms with Gasteiger partial charge in [-0.1, -0.05) is 12.5 Å². The Hall–Kier alpha value is -0.380. The van der Waals surface area contributed by atoms with Crippen LogP contribution in [-0.4, -0.2) is 6.54 Å². The normalized spacial score (nSPS) is 22.3. The van der Waals surface area contributed by atoms with E-state index in [1.807, 2.05) is 0 Å². The van der Waals surface area contributed by atoms with Crippen molar-refractivity contribution in [3.8, 4) is 0 Å². The molecule has 0 aliphatic heterocycles. The first-order valence-corrected chi connectivity index (χ1v) is 5.65. The third-order valence-corrected chi connectivity index (χ3v) is 4.22. The molecule has 1 aliphatic carbocycles. The third-order valence-electron chi connectivity index (χ3n) is 3.27. The van der Waals surface area contributed by atoms with Gasteiger partial charge in [0, 0.05) is 16.3 Å². The summed E-state index contributed by atoms with van der Waals surface area (Å²) < 4.78 is 0. The van der Waals surface area contributed by atoms with Crippen LogP contribution in [-0.2, 0) is 0 Å². The molecule has 0 spiro atoms. The van der Waals surface area contributed by atoms with Gasteiger partial charge in [-0.3, -0.25) is 0 Å². The molecule has 1 aromatic heterocycles. The van der Waals surface area contributed by atoms with Crippen molar-refractivity contribution in [1.29, 1.82) is 0 Å². The van der Waals surface area contributed by atoms with Gasteiger partial charge in [0.1, 0.15) is 0 Å². The van der Waals surface area contributed by atoms with Crippen molar-refractivity contribution in [3.05, 3.63) is 22.4 Å². The zero-order valence-electron chi connectivity index (χ0n) is 7.70. The molecule has 0 radical (unpaired) electrons. The zero-order valence-corrected chi connectivity index (χ0v) is 8.52. The molecule has 72 valence electrons. The second-order valence-corrected chi connectivity index (χ2v) is 4.89. The average Bonchev–Trinajstić information content (AvgIpc) is 2.54. The van der Waals surface area contributed by atoms with Crippen LogP contribution in [0.15, 0.2) is 17.5 Å². The summed E-state index contributed by atoms with van der Waals surface area (Å²) in [5.41, 5.74) is 12.2. The summed E-state index contributed by atoms with van der Waals surface area (Å²) >= 11 is 1.74. The Morgan fingerprint density at radius 3 is 2.69 bits per heavy atom. The lowest BCUT2D eigenvalue weighted by molar-refractivity contribution is 0.106. The first-order valence-electron chi connectivity index (χ1n) is 4.77. The standard InChI is InChI=1S/C10H16N2S/c11-7-10(4-2-5-10)9(12)8-3-1-6-13-8/h1,3,6,9H,2,4-5,7,11-12H2. The third kappa shape index (κ3) is 1.41. The van der Waals surface area contributed by atoms with Crippen molar-refractivity contribution in [2.45, 2.75) is 25.3 Å². The van der Waals surface area contributed by atoms with E-state index in [-0.39, 0.29) is 11.5 Å². The van der Waals surface area contributed by atoms with Gasteiger partial charge in [0.15, 0.2) is 0 Å². The Morgan fingerprint density at radius 1 is 1.54 bits per heavy atom. The highest BCUT2D eigenvalue weighted by Crippen LogP contribution is 2.48. The molecule has 1 atom stereocenters. The van der Waals surface area contributed by atoms with Gasteiger partial charge in [-0.15, -0.1) is 11.3 Å². The van der Waals surface area contributed by atoms with Gasteiger partial charge < -0.3 is 11.5 Å². The van der Waals surface area contributed by atoms with Crippen LogP contribution in [0.1, 0.15) is 30.2 Å². The molecule has 2 nitrogen and oxygen atoms in total. The fraction of sp³-hybridized carbons (Fsp3) is 0.600. The van der Waals surface area contributed by atoms with Crippen LogP contribution in [0.5, 0.6) is 0 Å². The highest BCUT2D eigenvalue weighted by atomic mass is 32.1. The minimum Gasteiger partial charge on any atom is -0.330 e. The zero-order chi connectivity index (χ0) is 9.31. The van der Waals surface area contributed by atoms with Gasteiger partial charge in [-0.05, 0) is 30.8 Å². The van der Waals surface area contributed by atoms with Gasteiger partial charge >= 0.3 is 0 Å². The quantitative estimate of drug-likeness (QED) is 0.775. The van der Waals surface area contributed by atoms with Gasteiger partial charge in [-0.2, -0.15) is 0 Å². The summed E-state index contributed by atoms with van der Waals surface area (Å²) in [4.78, 5) is 1.28. The maximum Gasteiger partial charge on any atom is 0.0459 e. The van der Waals surface area contributed by atoms with Gasteiger partial charge in [0.05, 0.1) is 0 Å². The summed E-state index contributed by atoms with van der Waals surface area (Å²) in [5, 5.41) is 2.08. The molecule has 0 aromatic carbocycles. The van der Waals surface area contributed by atoms with E-state index in [2.05, 4.69) is 17.5 Å². The smallest absolute Gasteiger partial charge is 0.0459 e. The lowest BCUT2D eigenvalue weighted by Crippen LogP contribution is -2.45. The van der Waals surface area contributed by atoms with Gasteiger partial charge in [0.25, 0.3) is 0 Å². The Morgan fingerprint density at radius 2 is 2.31 bits per heavy atom. The summed E-state index contributed by atoms with van der Waals surface area (Å²) in [6.07, 6.45) is 3.68. The summed E-state index contributed by atoms with van der Waals surface area (Å²) in [5.74, 6) is 0. The molecular weight excluding hydrogens is 180 g/mol. The van der Waals surface area contributed by atoms with E-state index in [1.165, 1.54) is 24.1 Å². The molecule has 1 saturated carbocycles. The molecule has 0 amide bonds. The van der Waals surface area contributed by atoms with E-state index in [0.717, 1.165) is 6.54 Å². The van der Waals surface area contributed by atoms with E-state index in [1.54, 1.807) is 11.3 Å². The number of hydrogen-bond donors (Lipinski definition) is 2. The summed E-state index contributed by atoms with van der Waals surface area (Å²) in [7, 11) is 0. The molecule has 2 rings (SSSR count). The summed E-state index contributed by atoms with van der Waals surface area (Å²) in [6, 6.07) is 4.33. The van der Waals surface area contributed by atoms with Crippen molar-refractivity contribution in [3.63, 3.8) is 0 Å². The largest absolute Gasteiger partial charge is 0.330 e. The van der Waals surface area contributed by atoms with E-state index in [4.69, 9.17) is 11.5 Å². The highest BCUT2D eigenvalue weighted by Gasteiger charge is 2.42. The minimum absolute atomic E-state index is 0.159. The summed E-state index contributed by atoms with van der Waals surface area (Å²) in [6.45, 7) is 0.728. The van der Waals surface area contributed by atoms with Crippen molar-refractivity contribution in [2.24, 2.45) is 16.9 Å². The maximum atomic E-state index is 6.22.